The molecule has 2 fully saturated rings. The third-order valence-corrected chi connectivity index (χ3v) is 5.61. The van der Waals surface area contributed by atoms with Gasteiger partial charge in [-0.05, 0) is 31.5 Å². The zero-order valence-corrected chi connectivity index (χ0v) is 15.9. The molecule has 146 valence electrons. The summed E-state index contributed by atoms with van der Waals surface area (Å²) in [6.07, 6.45) is 1.76. The van der Waals surface area contributed by atoms with Crippen molar-refractivity contribution in [2.24, 2.45) is 0 Å². The normalized spacial score (nSPS) is 25.2. The van der Waals surface area contributed by atoms with Crippen LogP contribution in [0.5, 0.6) is 0 Å². The highest BCUT2D eigenvalue weighted by atomic mass is 19.1. The van der Waals surface area contributed by atoms with Gasteiger partial charge < -0.3 is 10.2 Å². The summed E-state index contributed by atoms with van der Waals surface area (Å²) in [6.45, 7) is 3.88. The van der Waals surface area contributed by atoms with Gasteiger partial charge in [0.15, 0.2) is 0 Å². The molecule has 1 aromatic heterocycles. The summed E-state index contributed by atoms with van der Waals surface area (Å²) in [4.78, 5) is 20.4. The van der Waals surface area contributed by atoms with Gasteiger partial charge in [-0.3, -0.25) is 14.7 Å². The number of hydrogen-bond donors (Lipinski definition) is 1. The van der Waals surface area contributed by atoms with Crippen LogP contribution in [0.3, 0.4) is 0 Å². The fourth-order valence-electron chi connectivity index (χ4n) is 4.16. The van der Waals surface area contributed by atoms with Crippen molar-refractivity contribution in [3.63, 3.8) is 0 Å². The molecule has 0 saturated carbocycles. The number of hydrogen-bond acceptors (Lipinski definition) is 5. The largest absolute Gasteiger partial charge is 0.380 e. The monoisotopic (exact) mass is 381 g/mol. The molecule has 0 bridgehead atoms. The van der Waals surface area contributed by atoms with Crippen molar-refractivity contribution in [2.45, 2.75) is 38.0 Å². The Kier molecular flexibility index (Phi) is 5.14. The number of nitrogens with zero attached hydrogens (tertiary/aromatic N) is 4. The molecule has 2 aliphatic rings. The Bertz CT molecular complexity index is 927. The van der Waals surface area contributed by atoms with Crippen molar-refractivity contribution in [3.8, 4) is 6.07 Å². The SMILES string of the molecule is Cc1ccc2nccc(N[C@@H]3CCN(CC(=O)N4C[C@@H](F)C[C@H]4C#N)C3)c2c1. The number of halogens is 1. The highest BCUT2D eigenvalue weighted by Crippen LogP contribution is 2.25. The van der Waals surface area contributed by atoms with E-state index in [1.54, 1.807) is 6.20 Å². The predicted molar refractivity (Wildman–Crippen MR) is 106 cm³/mol. The van der Waals surface area contributed by atoms with E-state index >= 15 is 0 Å². The lowest BCUT2D eigenvalue weighted by Gasteiger charge is -2.23. The fraction of sp³-hybridized carbons (Fsp3) is 0.476. The van der Waals surface area contributed by atoms with Crippen molar-refractivity contribution in [1.29, 1.82) is 5.26 Å². The van der Waals surface area contributed by atoms with Gasteiger partial charge in [0, 0.05) is 42.8 Å². The molecular weight excluding hydrogens is 357 g/mol. The summed E-state index contributed by atoms with van der Waals surface area (Å²) in [7, 11) is 0. The molecule has 0 unspecified atom stereocenters. The predicted octanol–water partition coefficient (Wildman–Crippen LogP) is 2.49. The molecule has 0 radical (unpaired) electrons. The highest BCUT2D eigenvalue weighted by Gasteiger charge is 2.36. The average molecular weight is 381 g/mol. The molecule has 6 nitrogen and oxygen atoms in total. The van der Waals surface area contributed by atoms with E-state index in [1.165, 1.54) is 10.5 Å². The van der Waals surface area contributed by atoms with Crippen LogP contribution >= 0.6 is 0 Å². The van der Waals surface area contributed by atoms with Crippen molar-refractivity contribution in [1.82, 2.24) is 14.8 Å². The van der Waals surface area contributed by atoms with Crippen LogP contribution in [0.25, 0.3) is 10.9 Å². The minimum atomic E-state index is -1.09. The highest BCUT2D eigenvalue weighted by molar-refractivity contribution is 5.91. The van der Waals surface area contributed by atoms with Gasteiger partial charge in [0.05, 0.1) is 24.7 Å². The Balaban J connectivity index is 1.38. The molecule has 1 amide bonds. The summed E-state index contributed by atoms with van der Waals surface area (Å²) in [5.41, 5.74) is 3.19. The number of benzene rings is 1. The summed E-state index contributed by atoms with van der Waals surface area (Å²) in [5, 5.41) is 13.8. The second kappa shape index (κ2) is 7.72. The first-order valence-electron chi connectivity index (χ1n) is 9.71. The molecular formula is C21H24FN5O. The number of amides is 1. The number of fused-ring (bicyclic) bond motifs is 1. The van der Waals surface area contributed by atoms with Crippen LogP contribution in [0.15, 0.2) is 30.5 Å². The Morgan fingerprint density at radius 1 is 1.39 bits per heavy atom. The fourth-order valence-corrected chi connectivity index (χ4v) is 4.16. The van der Waals surface area contributed by atoms with E-state index in [-0.39, 0.29) is 31.5 Å². The van der Waals surface area contributed by atoms with Crippen LogP contribution in [-0.2, 0) is 4.79 Å². The van der Waals surface area contributed by atoms with E-state index < -0.39 is 12.2 Å². The zero-order chi connectivity index (χ0) is 19.7. The van der Waals surface area contributed by atoms with Crippen LogP contribution in [0, 0.1) is 18.3 Å². The first kappa shape index (κ1) is 18.6. The number of aromatic nitrogens is 1. The Morgan fingerprint density at radius 2 is 2.25 bits per heavy atom. The molecule has 7 heteroatoms. The number of carbonyl (C=O) groups excluding carboxylic acids is 1. The quantitative estimate of drug-likeness (QED) is 0.881. The number of pyridine rings is 1. The molecule has 2 aliphatic heterocycles. The molecule has 2 aromatic rings. The third-order valence-electron chi connectivity index (χ3n) is 5.61. The van der Waals surface area contributed by atoms with Gasteiger partial charge in [-0.15, -0.1) is 0 Å². The first-order chi connectivity index (χ1) is 13.5. The van der Waals surface area contributed by atoms with Crippen molar-refractivity contribution in [2.75, 3.05) is 31.5 Å². The molecule has 3 atom stereocenters. The van der Waals surface area contributed by atoms with Gasteiger partial charge >= 0.3 is 0 Å². The van der Waals surface area contributed by atoms with Gasteiger partial charge in [0.2, 0.25) is 5.91 Å². The molecule has 3 heterocycles. The van der Waals surface area contributed by atoms with Gasteiger partial charge in [-0.1, -0.05) is 11.6 Å². The number of aryl methyl sites for hydroxylation is 1. The Hall–Kier alpha value is -2.72. The number of nitrogens with one attached hydrogen (secondary N) is 1. The van der Waals surface area contributed by atoms with E-state index in [0.29, 0.717) is 0 Å². The molecule has 0 spiro atoms. The van der Waals surface area contributed by atoms with E-state index in [4.69, 9.17) is 5.26 Å². The van der Waals surface area contributed by atoms with E-state index in [9.17, 15) is 9.18 Å². The van der Waals surface area contributed by atoms with Crippen LogP contribution in [0.2, 0.25) is 0 Å². The van der Waals surface area contributed by atoms with Crippen LogP contribution in [0.4, 0.5) is 10.1 Å². The number of likely N-dealkylation sites (tertiary alicyclic amines) is 2. The van der Waals surface area contributed by atoms with Crippen molar-refractivity contribution in [3.05, 3.63) is 36.0 Å². The summed E-state index contributed by atoms with van der Waals surface area (Å²) < 4.78 is 13.6. The first-order valence-corrected chi connectivity index (χ1v) is 9.71. The number of rotatable bonds is 4. The standard InChI is InChI=1S/C21H24FN5O/c1-14-2-3-19-18(8-14)20(4-6-24-19)25-16-5-7-26(12-16)13-21(28)27-11-15(22)9-17(27)10-23/h2-4,6,8,15-17H,5,7,9,11-13H2,1H3,(H,24,25)/t15-,16+,17-/m0/s1. The van der Waals surface area contributed by atoms with Crippen LogP contribution in [-0.4, -0.2) is 65.1 Å². The lowest BCUT2D eigenvalue weighted by molar-refractivity contribution is -0.132. The summed E-state index contributed by atoms with van der Waals surface area (Å²) in [5.74, 6) is -0.155. The lowest BCUT2D eigenvalue weighted by Crippen LogP contribution is -2.42. The van der Waals surface area contributed by atoms with Gasteiger partial charge in [0.1, 0.15) is 12.2 Å². The van der Waals surface area contributed by atoms with Gasteiger partial charge in [-0.2, -0.15) is 5.26 Å². The van der Waals surface area contributed by atoms with Crippen molar-refractivity contribution >= 4 is 22.5 Å². The molecule has 1 aromatic carbocycles. The molecule has 1 N–H and O–H groups in total. The minimum absolute atomic E-state index is 0.0366. The van der Waals surface area contributed by atoms with Crippen LogP contribution < -0.4 is 5.32 Å². The number of alkyl halides is 1. The molecule has 28 heavy (non-hydrogen) atoms. The maximum atomic E-state index is 13.6. The number of nitriles is 1. The van der Waals surface area contributed by atoms with Crippen LogP contribution in [0.1, 0.15) is 18.4 Å². The second-order valence-corrected chi connectivity index (χ2v) is 7.77. The maximum absolute atomic E-state index is 13.6. The Labute approximate surface area is 163 Å². The number of anilines is 1. The van der Waals surface area contributed by atoms with E-state index in [2.05, 4.69) is 34.3 Å². The maximum Gasteiger partial charge on any atom is 0.237 e. The molecule has 2 saturated heterocycles. The summed E-state index contributed by atoms with van der Waals surface area (Å²) in [6, 6.07) is 9.83. The average Bonchev–Trinajstić information content (AvgIpc) is 3.28. The van der Waals surface area contributed by atoms with E-state index in [1.807, 2.05) is 18.2 Å². The van der Waals surface area contributed by atoms with Gasteiger partial charge in [-0.25, -0.2) is 4.39 Å². The van der Waals surface area contributed by atoms with Crippen molar-refractivity contribution < 1.29 is 9.18 Å². The molecule has 4 rings (SSSR count). The topological polar surface area (TPSA) is 72.3 Å². The number of carbonyl (C=O) groups is 1. The van der Waals surface area contributed by atoms with E-state index in [0.717, 1.165) is 36.1 Å². The third kappa shape index (κ3) is 3.78. The lowest BCUT2D eigenvalue weighted by atomic mass is 10.1. The Morgan fingerprint density at radius 3 is 3.07 bits per heavy atom. The summed E-state index contributed by atoms with van der Waals surface area (Å²) >= 11 is 0. The second-order valence-electron chi connectivity index (χ2n) is 7.77. The zero-order valence-electron chi connectivity index (χ0n) is 15.9. The smallest absolute Gasteiger partial charge is 0.237 e. The van der Waals surface area contributed by atoms with Gasteiger partial charge in [0.25, 0.3) is 0 Å². The molecule has 0 aliphatic carbocycles. The minimum Gasteiger partial charge on any atom is -0.380 e.